The van der Waals surface area contributed by atoms with Gasteiger partial charge < -0.3 is 10.0 Å². The lowest BCUT2D eigenvalue weighted by Crippen LogP contribution is -2.31. The van der Waals surface area contributed by atoms with Gasteiger partial charge in [0.25, 0.3) is 5.91 Å². The van der Waals surface area contributed by atoms with E-state index >= 15 is 0 Å². The summed E-state index contributed by atoms with van der Waals surface area (Å²) in [7, 11) is -4.40. The van der Waals surface area contributed by atoms with Gasteiger partial charge in [0.05, 0.1) is 5.02 Å². The Morgan fingerprint density at radius 1 is 0.574 bits per heavy atom. The molecule has 0 aliphatic rings. The number of phenolic OH excluding ortho intramolecular Hbond substituents is 1. The third-order valence-corrected chi connectivity index (χ3v) is 11.5. The number of phenols is 1. The summed E-state index contributed by atoms with van der Waals surface area (Å²) in [6.45, 7) is 0.107. The molecule has 1 N–H and O–H groups in total. The van der Waals surface area contributed by atoms with Gasteiger partial charge in [-0.05, 0) is 106 Å². The number of rotatable bonds is 12. The molecule has 0 heterocycles. The van der Waals surface area contributed by atoms with Crippen LogP contribution >= 0.6 is 58.0 Å². The average molecular weight is 843 g/mol. The van der Waals surface area contributed by atoms with Gasteiger partial charge in [0.1, 0.15) is 10.7 Å². The minimum Gasteiger partial charge on any atom is -0.505 e. The first-order valence-corrected chi connectivity index (χ1v) is 19.7. The lowest BCUT2D eigenvalue weighted by atomic mass is 10.0. The molecule has 0 aliphatic heterocycles. The Labute approximate surface area is 337 Å². The Balaban J connectivity index is 1.31. The van der Waals surface area contributed by atoms with Crippen LogP contribution in [-0.4, -0.2) is 28.6 Å². The van der Waals surface area contributed by atoms with Gasteiger partial charge >= 0.3 is 0 Å². The first kappa shape index (κ1) is 39.6. The predicted octanol–water partition coefficient (Wildman–Crippen LogP) is 11.7. The van der Waals surface area contributed by atoms with E-state index in [4.69, 9.17) is 58.0 Å². The molecular weight excluding hydrogens is 813 g/mol. The number of nitrogens with zero attached hydrogens (tertiary/aromatic N) is 2. The minimum absolute atomic E-state index is 0.0363. The van der Waals surface area contributed by atoms with Crippen LogP contribution in [0.25, 0.3) is 11.1 Å². The van der Waals surface area contributed by atoms with Crippen LogP contribution in [0.4, 0.5) is 4.39 Å². The molecule has 1 amide bonds. The van der Waals surface area contributed by atoms with Crippen LogP contribution < -0.4 is 0 Å². The topological polar surface area (TPSA) is 77.9 Å². The molecular formula is C41H30Cl5FN2O4S. The second-order valence-electron chi connectivity index (χ2n) is 12.5. The Morgan fingerprint density at radius 3 is 1.81 bits per heavy atom. The van der Waals surface area contributed by atoms with Gasteiger partial charge in [-0.25, -0.2) is 12.8 Å². The molecule has 54 heavy (non-hydrogen) atoms. The number of carbonyl (C=O) groups excluding carboxylic acids is 1. The fraction of sp³-hybridized carbons (Fsp3) is 0.0976. The summed E-state index contributed by atoms with van der Waals surface area (Å²) in [6.07, 6.45) is 0. The summed E-state index contributed by atoms with van der Waals surface area (Å²) in [5.41, 5.74) is 4.71. The fourth-order valence-electron chi connectivity index (χ4n) is 5.87. The van der Waals surface area contributed by atoms with E-state index in [1.165, 1.54) is 22.5 Å². The number of benzene rings is 6. The second kappa shape index (κ2) is 17.1. The standard InChI is InChI=1S/C41H30Cl5FN2O4S/c42-33-12-10-30(11-13-33)32-3-1-2-28(16-32)25-49(54(52,53)39-21-36(45)20-38(46)40(39)50)24-27-4-8-31(9-5-27)41(51)48(22-26-6-14-37(47)15-7-26)23-29-17-34(43)19-35(44)18-29/h1-21,50H,22-25H2. The number of hydrogen-bond donors (Lipinski definition) is 1. The SMILES string of the molecule is O=C(c1ccc(CN(Cc2cccc(-c3ccc(Cl)cc3)c2)S(=O)(=O)c2cc(Cl)cc(Cl)c2O)cc1)N(Cc1ccc(F)cc1)Cc1cc(Cl)cc(Cl)c1. The molecule has 0 saturated heterocycles. The zero-order valence-corrected chi connectivity index (χ0v) is 32.8. The Morgan fingerprint density at radius 2 is 1.15 bits per heavy atom. The smallest absolute Gasteiger partial charge is 0.254 e. The van der Waals surface area contributed by atoms with Crippen molar-refractivity contribution in [1.82, 2.24) is 9.21 Å². The first-order chi connectivity index (χ1) is 25.7. The van der Waals surface area contributed by atoms with Crippen molar-refractivity contribution in [2.45, 2.75) is 31.1 Å². The summed E-state index contributed by atoms with van der Waals surface area (Å²) < 4.78 is 43.4. The lowest BCUT2D eigenvalue weighted by Gasteiger charge is -2.25. The van der Waals surface area contributed by atoms with Gasteiger partial charge in [0, 0.05) is 51.8 Å². The molecule has 0 fully saturated rings. The molecule has 0 spiro atoms. The number of sulfonamides is 1. The molecule has 0 aromatic heterocycles. The van der Waals surface area contributed by atoms with E-state index in [2.05, 4.69) is 0 Å². The highest BCUT2D eigenvalue weighted by Gasteiger charge is 2.30. The minimum atomic E-state index is -4.40. The number of halogens is 6. The molecule has 6 rings (SSSR count). The zero-order chi connectivity index (χ0) is 38.6. The van der Waals surface area contributed by atoms with Gasteiger partial charge in [-0.3, -0.25) is 4.79 Å². The van der Waals surface area contributed by atoms with Crippen molar-refractivity contribution in [3.63, 3.8) is 0 Å². The molecule has 6 nitrogen and oxygen atoms in total. The number of hydrogen-bond acceptors (Lipinski definition) is 4. The molecule has 0 aliphatic carbocycles. The van der Waals surface area contributed by atoms with Crippen LogP contribution in [0.15, 0.2) is 132 Å². The molecule has 0 bridgehead atoms. The molecule has 13 heteroatoms. The van der Waals surface area contributed by atoms with Crippen LogP contribution in [0.2, 0.25) is 25.1 Å². The van der Waals surface area contributed by atoms with Gasteiger partial charge in [-0.1, -0.05) is 113 Å². The largest absolute Gasteiger partial charge is 0.505 e. The van der Waals surface area contributed by atoms with Crippen LogP contribution in [0, 0.1) is 5.82 Å². The third-order valence-electron chi connectivity index (χ3n) is 8.50. The molecule has 0 radical (unpaired) electrons. The lowest BCUT2D eigenvalue weighted by molar-refractivity contribution is 0.0730. The first-order valence-electron chi connectivity index (χ1n) is 16.4. The van der Waals surface area contributed by atoms with E-state index in [-0.39, 0.29) is 42.1 Å². The second-order valence-corrected chi connectivity index (χ2v) is 16.5. The van der Waals surface area contributed by atoms with Crippen molar-refractivity contribution < 1.29 is 22.7 Å². The van der Waals surface area contributed by atoms with Gasteiger partial charge in [-0.15, -0.1) is 0 Å². The van der Waals surface area contributed by atoms with Gasteiger partial charge in [0.15, 0.2) is 5.75 Å². The van der Waals surface area contributed by atoms with Gasteiger partial charge in [-0.2, -0.15) is 4.31 Å². The summed E-state index contributed by atoms with van der Waals surface area (Å²) in [5, 5.41) is 12.0. The maximum atomic E-state index is 14.3. The highest BCUT2D eigenvalue weighted by atomic mass is 35.5. The quantitative estimate of drug-likeness (QED) is 0.133. The average Bonchev–Trinajstić information content (AvgIpc) is 3.13. The van der Waals surface area contributed by atoms with E-state index in [0.717, 1.165) is 17.2 Å². The maximum Gasteiger partial charge on any atom is 0.254 e. The highest BCUT2D eigenvalue weighted by Crippen LogP contribution is 2.37. The van der Waals surface area contributed by atoms with Crippen molar-refractivity contribution in [2.75, 3.05) is 0 Å². The monoisotopic (exact) mass is 840 g/mol. The normalized spacial score (nSPS) is 11.5. The highest BCUT2D eigenvalue weighted by molar-refractivity contribution is 7.89. The van der Waals surface area contributed by atoms with Crippen LogP contribution in [0.3, 0.4) is 0 Å². The molecule has 0 unspecified atom stereocenters. The van der Waals surface area contributed by atoms with E-state index < -0.39 is 26.5 Å². The summed E-state index contributed by atoms with van der Waals surface area (Å²) in [4.78, 5) is 15.1. The van der Waals surface area contributed by atoms with E-state index in [9.17, 15) is 22.7 Å². The van der Waals surface area contributed by atoms with Crippen LogP contribution in [-0.2, 0) is 36.2 Å². The van der Waals surface area contributed by atoms with Crippen molar-refractivity contribution >= 4 is 73.9 Å². The number of aromatic hydroxyl groups is 1. The van der Waals surface area contributed by atoms with Crippen molar-refractivity contribution in [2.24, 2.45) is 0 Å². The fourth-order valence-corrected chi connectivity index (χ4v) is 8.73. The van der Waals surface area contributed by atoms with Crippen molar-refractivity contribution in [1.29, 1.82) is 0 Å². The Bertz CT molecular complexity index is 2390. The number of amides is 1. The van der Waals surface area contributed by atoms with Crippen molar-refractivity contribution in [3.8, 4) is 16.9 Å². The zero-order valence-electron chi connectivity index (χ0n) is 28.2. The van der Waals surface area contributed by atoms with Gasteiger partial charge in [0.2, 0.25) is 10.0 Å². The number of carbonyl (C=O) groups is 1. The summed E-state index contributed by atoms with van der Waals surface area (Å²) >= 11 is 30.9. The van der Waals surface area contributed by atoms with E-state index in [1.807, 2.05) is 30.3 Å². The molecule has 6 aromatic carbocycles. The molecule has 6 aromatic rings. The van der Waals surface area contributed by atoms with E-state index in [0.29, 0.717) is 42.9 Å². The molecule has 276 valence electrons. The van der Waals surface area contributed by atoms with Crippen molar-refractivity contribution in [3.05, 3.63) is 186 Å². The maximum absolute atomic E-state index is 14.3. The van der Waals surface area contributed by atoms with Crippen LogP contribution in [0.5, 0.6) is 5.75 Å². The predicted molar refractivity (Wildman–Crippen MR) is 214 cm³/mol. The summed E-state index contributed by atoms with van der Waals surface area (Å²) in [5.74, 6) is -1.35. The Hall–Kier alpha value is -4.12. The molecule has 0 saturated carbocycles. The van der Waals surface area contributed by atoms with Crippen LogP contribution in [0.1, 0.15) is 32.6 Å². The summed E-state index contributed by atoms with van der Waals surface area (Å²) in [6, 6.07) is 34.6. The Kier molecular flexibility index (Phi) is 12.6. The van der Waals surface area contributed by atoms with E-state index in [1.54, 1.807) is 77.7 Å². The molecule has 0 atom stereocenters. The third kappa shape index (κ3) is 9.75.